The zero-order chi connectivity index (χ0) is 14.8. The average Bonchev–Trinajstić information content (AvgIpc) is 2.42. The lowest BCUT2D eigenvalue weighted by Gasteiger charge is -2.09. The summed E-state index contributed by atoms with van der Waals surface area (Å²) in [4.78, 5) is 11.7. The highest BCUT2D eigenvalue weighted by Crippen LogP contribution is 2.16. The fraction of sp³-hybridized carbons (Fsp3) is 0.533. The first-order chi connectivity index (χ1) is 9.61. The Kier molecular flexibility index (Phi) is 7.69. The Morgan fingerprint density at radius 2 is 2.15 bits per heavy atom. The van der Waals surface area contributed by atoms with Crippen molar-refractivity contribution in [2.75, 3.05) is 38.7 Å². The molecule has 0 bridgehead atoms. The van der Waals surface area contributed by atoms with Crippen LogP contribution in [0.3, 0.4) is 0 Å². The third kappa shape index (κ3) is 7.11. The van der Waals surface area contributed by atoms with Gasteiger partial charge in [-0.3, -0.25) is 4.79 Å². The summed E-state index contributed by atoms with van der Waals surface area (Å²) in [6, 6.07) is 7.28. The molecule has 0 unspecified atom stereocenters. The van der Waals surface area contributed by atoms with Gasteiger partial charge in [0.1, 0.15) is 5.75 Å². The molecule has 20 heavy (non-hydrogen) atoms. The molecule has 112 valence electrons. The molecule has 0 saturated carbocycles. The average molecular weight is 280 g/mol. The molecule has 0 radical (unpaired) electrons. The normalized spacial score (nSPS) is 10.6. The van der Waals surface area contributed by atoms with Gasteiger partial charge in [0.2, 0.25) is 5.91 Å². The minimum atomic E-state index is -0.0814. The van der Waals surface area contributed by atoms with Crippen molar-refractivity contribution in [1.29, 1.82) is 0 Å². The number of carbonyl (C=O) groups excluding carboxylic acids is 1. The van der Waals surface area contributed by atoms with E-state index >= 15 is 0 Å². The lowest BCUT2D eigenvalue weighted by Crippen LogP contribution is -2.30. The summed E-state index contributed by atoms with van der Waals surface area (Å²) in [6.45, 7) is 6.51. The molecule has 0 saturated heterocycles. The number of hydrogen-bond acceptors (Lipinski definition) is 4. The summed E-state index contributed by atoms with van der Waals surface area (Å²) in [5.41, 5.74) is 0.729. The SMILES string of the molecule is COc1cccc(NC(=O)CNCCOCC(C)C)c1. The second kappa shape index (κ2) is 9.34. The van der Waals surface area contributed by atoms with Crippen molar-refractivity contribution in [2.45, 2.75) is 13.8 Å². The Hall–Kier alpha value is -1.59. The van der Waals surface area contributed by atoms with Gasteiger partial charge in [-0.15, -0.1) is 0 Å². The van der Waals surface area contributed by atoms with Crippen LogP contribution in [-0.2, 0) is 9.53 Å². The van der Waals surface area contributed by atoms with Crippen LogP contribution < -0.4 is 15.4 Å². The number of anilines is 1. The van der Waals surface area contributed by atoms with Crippen LogP contribution >= 0.6 is 0 Å². The van der Waals surface area contributed by atoms with E-state index in [1.807, 2.05) is 18.2 Å². The van der Waals surface area contributed by atoms with Crippen molar-refractivity contribution in [3.63, 3.8) is 0 Å². The highest BCUT2D eigenvalue weighted by atomic mass is 16.5. The van der Waals surface area contributed by atoms with E-state index in [1.54, 1.807) is 13.2 Å². The minimum absolute atomic E-state index is 0.0814. The first-order valence-electron chi connectivity index (χ1n) is 6.84. The van der Waals surface area contributed by atoms with Crippen molar-refractivity contribution in [1.82, 2.24) is 5.32 Å². The molecule has 0 aliphatic carbocycles. The van der Waals surface area contributed by atoms with Gasteiger partial charge >= 0.3 is 0 Å². The van der Waals surface area contributed by atoms with E-state index in [2.05, 4.69) is 24.5 Å². The third-order valence-corrected chi connectivity index (χ3v) is 2.51. The molecule has 0 fully saturated rings. The summed E-state index contributed by atoms with van der Waals surface area (Å²) in [7, 11) is 1.60. The minimum Gasteiger partial charge on any atom is -0.497 e. The second-order valence-electron chi connectivity index (χ2n) is 4.93. The number of rotatable bonds is 9. The van der Waals surface area contributed by atoms with Crippen LogP contribution in [0.4, 0.5) is 5.69 Å². The number of nitrogens with one attached hydrogen (secondary N) is 2. The van der Waals surface area contributed by atoms with E-state index in [9.17, 15) is 4.79 Å². The van der Waals surface area contributed by atoms with Gasteiger partial charge in [0.15, 0.2) is 0 Å². The number of carbonyl (C=O) groups is 1. The summed E-state index contributed by atoms with van der Waals surface area (Å²) >= 11 is 0. The predicted molar refractivity (Wildman–Crippen MR) is 80.2 cm³/mol. The topological polar surface area (TPSA) is 59.6 Å². The van der Waals surface area contributed by atoms with Gasteiger partial charge in [0.25, 0.3) is 0 Å². The van der Waals surface area contributed by atoms with Crippen molar-refractivity contribution in [3.8, 4) is 5.75 Å². The second-order valence-corrected chi connectivity index (χ2v) is 4.93. The van der Waals surface area contributed by atoms with Gasteiger partial charge in [0.05, 0.1) is 20.3 Å². The number of benzene rings is 1. The molecule has 0 atom stereocenters. The molecular weight excluding hydrogens is 256 g/mol. The molecule has 5 heteroatoms. The first-order valence-corrected chi connectivity index (χ1v) is 6.84. The zero-order valence-electron chi connectivity index (χ0n) is 12.4. The van der Waals surface area contributed by atoms with Crippen LogP contribution in [0.1, 0.15) is 13.8 Å². The standard InChI is InChI=1S/C15H24N2O3/c1-12(2)11-20-8-7-16-10-15(18)17-13-5-4-6-14(9-13)19-3/h4-6,9,12,16H,7-8,10-11H2,1-3H3,(H,17,18). The Balaban J connectivity index is 2.16. The van der Waals surface area contributed by atoms with Gasteiger partial charge in [-0.25, -0.2) is 0 Å². The molecule has 0 aromatic heterocycles. The van der Waals surface area contributed by atoms with Gasteiger partial charge < -0.3 is 20.1 Å². The molecule has 1 amide bonds. The van der Waals surface area contributed by atoms with E-state index < -0.39 is 0 Å². The monoisotopic (exact) mass is 280 g/mol. The summed E-state index contributed by atoms with van der Waals surface area (Å²) in [6.07, 6.45) is 0. The zero-order valence-corrected chi connectivity index (χ0v) is 12.4. The largest absolute Gasteiger partial charge is 0.497 e. The fourth-order valence-electron chi connectivity index (χ4n) is 1.57. The molecule has 1 rings (SSSR count). The molecule has 0 spiro atoms. The predicted octanol–water partition coefficient (Wildman–Crippen LogP) is 1.90. The lowest BCUT2D eigenvalue weighted by atomic mass is 10.2. The molecule has 5 nitrogen and oxygen atoms in total. The highest BCUT2D eigenvalue weighted by Gasteiger charge is 2.02. The van der Waals surface area contributed by atoms with E-state index in [0.717, 1.165) is 18.0 Å². The van der Waals surface area contributed by atoms with Crippen molar-refractivity contribution < 1.29 is 14.3 Å². The van der Waals surface area contributed by atoms with Gasteiger partial charge in [-0.1, -0.05) is 19.9 Å². The van der Waals surface area contributed by atoms with Crippen LogP contribution in [-0.4, -0.2) is 39.3 Å². The van der Waals surface area contributed by atoms with Gasteiger partial charge in [-0.05, 0) is 18.1 Å². The Morgan fingerprint density at radius 3 is 2.85 bits per heavy atom. The number of methoxy groups -OCH3 is 1. The highest BCUT2D eigenvalue weighted by molar-refractivity contribution is 5.92. The number of ether oxygens (including phenoxy) is 2. The van der Waals surface area contributed by atoms with Crippen LogP contribution in [0.15, 0.2) is 24.3 Å². The van der Waals surface area contributed by atoms with Gasteiger partial charge in [0, 0.05) is 24.9 Å². The molecule has 1 aromatic rings. The van der Waals surface area contributed by atoms with Crippen molar-refractivity contribution in [2.24, 2.45) is 5.92 Å². The van der Waals surface area contributed by atoms with Crippen LogP contribution in [0.25, 0.3) is 0 Å². The molecular formula is C15H24N2O3. The molecule has 0 aliphatic rings. The number of hydrogen-bond donors (Lipinski definition) is 2. The maximum absolute atomic E-state index is 11.7. The fourth-order valence-corrected chi connectivity index (χ4v) is 1.57. The number of amides is 1. The molecule has 0 heterocycles. The maximum atomic E-state index is 11.7. The maximum Gasteiger partial charge on any atom is 0.238 e. The van der Waals surface area contributed by atoms with Crippen molar-refractivity contribution in [3.05, 3.63) is 24.3 Å². The summed E-state index contributed by atoms with van der Waals surface area (Å²) in [5.74, 6) is 1.17. The summed E-state index contributed by atoms with van der Waals surface area (Å²) in [5, 5.41) is 5.84. The Morgan fingerprint density at radius 1 is 1.35 bits per heavy atom. The van der Waals surface area contributed by atoms with Crippen LogP contribution in [0.5, 0.6) is 5.75 Å². The Bertz CT molecular complexity index is 408. The third-order valence-electron chi connectivity index (χ3n) is 2.51. The quantitative estimate of drug-likeness (QED) is 0.678. The van der Waals surface area contributed by atoms with E-state index in [0.29, 0.717) is 19.1 Å². The Labute approximate surface area is 120 Å². The van der Waals surface area contributed by atoms with Crippen LogP contribution in [0, 0.1) is 5.92 Å². The smallest absolute Gasteiger partial charge is 0.238 e. The first kappa shape index (κ1) is 16.5. The molecule has 0 aliphatic heterocycles. The van der Waals surface area contributed by atoms with E-state index in [-0.39, 0.29) is 12.5 Å². The molecule has 1 aromatic carbocycles. The van der Waals surface area contributed by atoms with Crippen molar-refractivity contribution >= 4 is 11.6 Å². The lowest BCUT2D eigenvalue weighted by molar-refractivity contribution is -0.115. The summed E-state index contributed by atoms with van der Waals surface area (Å²) < 4.78 is 10.5. The van der Waals surface area contributed by atoms with E-state index in [1.165, 1.54) is 0 Å². The van der Waals surface area contributed by atoms with Crippen LogP contribution in [0.2, 0.25) is 0 Å². The van der Waals surface area contributed by atoms with Gasteiger partial charge in [-0.2, -0.15) is 0 Å². The van der Waals surface area contributed by atoms with E-state index in [4.69, 9.17) is 9.47 Å². The molecule has 2 N–H and O–H groups in total.